The van der Waals surface area contributed by atoms with E-state index in [1.165, 1.54) is 0 Å². The van der Waals surface area contributed by atoms with Crippen molar-refractivity contribution in [2.75, 3.05) is 0 Å². The average molecular weight is 196 g/mol. The van der Waals surface area contributed by atoms with E-state index in [2.05, 4.69) is 23.4 Å². The molecule has 0 saturated carbocycles. The Kier molecular flexibility index (Phi) is 3.28. The Morgan fingerprint density at radius 1 is 1.64 bits per heavy atom. The van der Waals surface area contributed by atoms with Crippen LogP contribution >= 0.6 is 0 Å². The number of aliphatic carboxylic acids is 1. The van der Waals surface area contributed by atoms with Crippen molar-refractivity contribution in [3.05, 3.63) is 17.7 Å². The lowest BCUT2D eigenvalue weighted by Gasteiger charge is -2.07. The van der Waals surface area contributed by atoms with E-state index in [1.807, 2.05) is 13.1 Å². The fourth-order valence-electron chi connectivity index (χ4n) is 1.43. The molecule has 0 aromatic carbocycles. The Morgan fingerprint density at radius 3 is 2.71 bits per heavy atom. The maximum absolute atomic E-state index is 10.4. The largest absolute Gasteiger partial charge is 0.481 e. The van der Waals surface area contributed by atoms with E-state index >= 15 is 0 Å². The number of hydrogen-bond donors (Lipinski definition) is 1. The van der Waals surface area contributed by atoms with E-state index in [-0.39, 0.29) is 6.42 Å². The molecular formula is C10H16N2O2. The van der Waals surface area contributed by atoms with Gasteiger partial charge in [-0.2, -0.15) is 0 Å². The van der Waals surface area contributed by atoms with Crippen molar-refractivity contribution in [1.82, 2.24) is 9.55 Å². The molecule has 0 bridgehead atoms. The lowest BCUT2D eigenvalue weighted by Crippen LogP contribution is -2.00. The van der Waals surface area contributed by atoms with E-state index in [4.69, 9.17) is 5.11 Å². The summed E-state index contributed by atoms with van der Waals surface area (Å²) in [6, 6.07) is 0.376. The number of nitrogens with zero attached hydrogens (tertiary/aromatic N) is 2. The predicted molar refractivity (Wildman–Crippen MR) is 53.3 cm³/mol. The monoisotopic (exact) mass is 196 g/mol. The molecular weight excluding hydrogens is 180 g/mol. The number of aryl methyl sites for hydroxylation is 2. The standard InChI is InChI=1S/C10H16N2O2/c1-7(2)12-6-9(11-8(12)3)4-5-10(13)14/h6-7H,4-5H2,1-3H3,(H,13,14). The summed E-state index contributed by atoms with van der Waals surface area (Å²) in [7, 11) is 0. The molecule has 1 aromatic rings. The van der Waals surface area contributed by atoms with Gasteiger partial charge in [0, 0.05) is 18.7 Å². The SMILES string of the molecule is Cc1nc(CCC(=O)O)cn1C(C)C. The number of aromatic nitrogens is 2. The van der Waals surface area contributed by atoms with Gasteiger partial charge >= 0.3 is 5.97 Å². The lowest BCUT2D eigenvalue weighted by atomic mass is 10.2. The summed E-state index contributed by atoms with van der Waals surface area (Å²) in [6.07, 6.45) is 2.59. The van der Waals surface area contributed by atoms with E-state index in [1.54, 1.807) is 0 Å². The van der Waals surface area contributed by atoms with Crippen LogP contribution < -0.4 is 0 Å². The van der Waals surface area contributed by atoms with Crippen molar-refractivity contribution in [3.8, 4) is 0 Å². The van der Waals surface area contributed by atoms with Crippen LogP contribution in [0.3, 0.4) is 0 Å². The van der Waals surface area contributed by atoms with Gasteiger partial charge in [0.15, 0.2) is 0 Å². The molecule has 0 saturated heterocycles. The van der Waals surface area contributed by atoms with Gasteiger partial charge in [0.2, 0.25) is 0 Å². The van der Waals surface area contributed by atoms with Crippen molar-refractivity contribution >= 4 is 5.97 Å². The van der Waals surface area contributed by atoms with E-state index in [0.717, 1.165) is 11.5 Å². The maximum Gasteiger partial charge on any atom is 0.303 e. The molecule has 4 heteroatoms. The number of carboxylic acids is 1. The van der Waals surface area contributed by atoms with Crippen LogP contribution in [0.5, 0.6) is 0 Å². The third-order valence-corrected chi connectivity index (χ3v) is 2.12. The topological polar surface area (TPSA) is 55.1 Å². The second kappa shape index (κ2) is 4.26. The molecule has 0 aliphatic rings. The van der Waals surface area contributed by atoms with Gasteiger partial charge in [-0.3, -0.25) is 4.79 Å². The second-order valence-electron chi connectivity index (χ2n) is 3.67. The van der Waals surface area contributed by atoms with Crippen LogP contribution in [0.4, 0.5) is 0 Å². The van der Waals surface area contributed by atoms with Crippen molar-refractivity contribution in [2.45, 2.75) is 39.7 Å². The fourth-order valence-corrected chi connectivity index (χ4v) is 1.43. The molecule has 1 N–H and O–H groups in total. The minimum Gasteiger partial charge on any atom is -0.481 e. The quantitative estimate of drug-likeness (QED) is 0.798. The molecule has 1 heterocycles. The Morgan fingerprint density at radius 2 is 2.29 bits per heavy atom. The highest BCUT2D eigenvalue weighted by Gasteiger charge is 2.07. The third-order valence-electron chi connectivity index (χ3n) is 2.12. The first kappa shape index (κ1) is 10.8. The summed E-state index contributed by atoms with van der Waals surface area (Å²) >= 11 is 0. The van der Waals surface area contributed by atoms with Crippen LogP contribution in [0.2, 0.25) is 0 Å². The van der Waals surface area contributed by atoms with Crippen LogP contribution in [0, 0.1) is 6.92 Å². The number of carbonyl (C=O) groups is 1. The van der Waals surface area contributed by atoms with E-state index in [9.17, 15) is 4.79 Å². The van der Waals surface area contributed by atoms with E-state index < -0.39 is 5.97 Å². The highest BCUT2D eigenvalue weighted by Crippen LogP contribution is 2.11. The second-order valence-corrected chi connectivity index (χ2v) is 3.67. The van der Waals surface area contributed by atoms with Gasteiger partial charge in [0.1, 0.15) is 5.82 Å². The van der Waals surface area contributed by atoms with E-state index in [0.29, 0.717) is 12.5 Å². The Balaban J connectivity index is 2.71. The maximum atomic E-state index is 10.4. The van der Waals surface area contributed by atoms with Gasteiger partial charge in [-0.05, 0) is 20.8 Å². The number of imidazole rings is 1. The zero-order chi connectivity index (χ0) is 10.7. The third kappa shape index (κ3) is 2.58. The van der Waals surface area contributed by atoms with Crippen molar-refractivity contribution in [1.29, 1.82) is 0 Å². The zero-order valence-electron chi connectivity index (χ0n) is 8.82. The smallest absolute Gasteiger partial charge is 0.303 e. The molecule has 1 rings (SSSR count). The molecule has 1 aromatic heterocycles. The minimum atomic E-state index is -0.776. The predicted octanol–water partition coefficient (Wildman–Crippen LogP) is 1.79. The average Bonchev–Trinajstić information content (AvgIpc) is 2.43. The summed E-state index contributed by atoms with van der Waals surface area (Å²) < 4.78 is 2.05. The number of rotatable bonds is 4. The molecule has 0 aliphatic heterocycles. The molecule has 0 amide bonds. The Bertz CT molecular complexity index is 329. The van der Waals surface area contributed by atoms with Crippen LogP contribution in [0.15, 0.2) is 6.20 Å². The summed E-state index contributed by atoms with van der Waals surface area (Å²) in [6.45, 7) is 6.09. The number of carboxylic acid groups (broad SMARTS) is 1. The normalized spacial score (nSPS) is 10.9. The minimum absolute atomic E-state index is 0.147. The fraction of sp³-hybridized carbons (Fsp3) is 0.600. The molecule has 0 radical (unpaired) electrons. The number of hydrogen-bond acceptors (Lipinski definition) is 2. The highest BCUT2D eigenvalue weighted by atomic mass is 16.4. The molecule has 78 valence electrons. The zero-order valence-corrected chi connectivity index (χ0v) is 8.82. The summed E-state index contributed by atoms with van der Waals surface area (Å²) in [4.78, 5) is 14.7. The molecule has 0 spiro atoms. The van der Waals surface area contributed by atoms with Crippen LogP contribution in [-0.2, 0) is 11.2 Å². The summed E-state index contributed by atoms with van der Waals surface area (Å²) in [5, 5.41) is 8.53. The van der Waals surface area contributed by atoms with Gasteiger partial charge in [0.25, 0.3) is 0 Å². The molecule has 0 aliphatic carbocycles. The van der Waals surface area contributed by atoms with Gasteiger partial charge in [-0.25, -0.2) is 4.98 Å². The molecule has 0 fully saturated rings. The van der Waals surface area contributed by atoms with Gasteiger partial charge in [-0.15, -0.1) is 0 Å². The summed E-state index contributed by atoms with van der Waals surface area (Å²) in [5.41, 5.74) is 0.860. The van der Waals surface area contributed by atoms with Crippen molar-refractivity contribution in [3.63, 3.8) is 0 Å². The summed E-state index contributed by atoms with van der Waals surface area (Å²) in [5.74, 6) is 0.169. The first-order chi connectivity index (χ1) is 6.50. The molecule has 4 nitrogen and oxygen atoms in total. The highest BCUT2D eigenvalue weighted by molar-refractivity contribution is 5.66. The Hall–Kier alpha value is -1.32. The molecule has 14 heavy (non-hydrogen) atoms. The van der Waals surface area contributed by atoms with Crippen LogP contribution in [0.1, 0.15) is 37.8 Å². The first-order valence-electron chi connectivity index (χ1n) is 4.77. The van der Waals surface area contributed by atoms with Crippen LogP contribution in [0.25, 0.3) is 0 Å². The molecule has 0 atom stereocenters. The first-order valence-corrected chi connectivity index (χ1v) is 4.77. The van der Waals surface area contributed by atoms with Crippen molar-refractivity contribution < 1.29 is 9.90 Å². The Labute approximate surface area is 83.6 Å². The van der Waals surface area contributed by atoms with Gasteiger partial charge in [-0.1, -0.05) is 0 Å². The van der Waals surface area contributed by atoms with Gasteiger partial charge < -0.3 is 9.67 Å². The lowest BCUT2D eigenvalue weighted by molar-refractivity contribution is -0.136. The van der Waals surface area contributed by atoms with Crippen molar-refractivity contribution in [2.24, 2.45) is 0 Å². The van der Waals surface area contributed by atoms with Gasteiger partial charge in [0.05, 0.1) is 12.1 Å². The van der Waals surface area contributed by atoms with Crippen LogP contribution in [-0.4, -0.2) is 20.6 Å². The molecule has 0 unspecified atom stereocenters.